The predicted octanol–water partition coefficient (Wildman–Crippen LogP) is 4.00. The number of ether oxygens (including phenoxy) is 1. The van der Waals surface area contributed by atoms with Crippen LogP contribution >= 0.6 is 0 Å². The van der Waals surface area contributed by atoms with E-state index in [1.165, 1.54) is 4.90 Å². The van der Waals surface area contributed by atoms with E-state index in [9.17, 15) is 18.0 Å². The number of likely N-dealkylation sites (tertiary alicyclic amines) is 1. The molecular weight excluding hydrogens is 385 g/mol. The first-order valence-electron chi connectivity index (χ1n) is 9.41. The van der Waals surface area contributed by atoms with Crippen LogP contribution in [0.25, 0.3) is 0 Å². The molecule has 2 fully saturated rings. The molecule has 0 saturated carbocycles. The lowest BCUT2D eigenvalue weighted by Gasteiger charge is -2.29. The Balaban J connectivity index is 1.40. The number of benzene rings is 2. The first-order chi connectivity index (χ1) is 13.9. The second kappa shape index (κ2) is 8.04. The Labute approximate surface area is 166 Å². The summed E-state index contributed by atoms with van der Waals surface area (Å²) >= 11 is 0. The highest BCUT2D eigenvalue weighted by atomic mass is 19.4. The maximum Gasteiger partial charge on any atom is 0.410 e. The lowest BCUT2D eigenvalue weighted by Crippen LogP contribution is -2.46. The summed E-state index contributed by atoms with van der Waals surface area (Å²) in [6, 6.07) is 16.3. The molecule has 0 aromatic heterocycles. The van der Waals surface area contributed by atoms with Crippen molar-refractivity contribution in [2.45, 2.75) is 31.5 Å². The fraction of sp³-hybridized carbons (Fsp3) is 0.381. The van der Waals surface area contributed by atoms with E-state index in [0.717, 1.165) is 16.2 Å². The van der Waals surface area contributed by atoms with Gasteiger partial charge in [0.2, 0.25) is 0 Å². The third kappa shape index (κ3) is 4.38. The summed E-state index contributed by atoms with van der Waals surface area (Å²) in [5, 5.41) is 1.01. The number of hydroxylamine groups is 2. The van der Waals surface area contributed by atoms with E-state index >= 15 is 0 Å². The van der Waals surface area contributed by atoms with Gasteiger partial charge in [-0.15, -0.1) is 0 Å². The highest BCUT2D eigenvalue weighted by Gasteiger charge is 2.60. The van der Waals surface area contributed by atoms with Crippen molar-refractivity contribution >= 4 is 6.09 Å². The number of carbonyl (C=O) groups excluding carboxylic acids is 1. The number of hydrogen-bond donors (Lipinski definition) is 0. The molecule has 0 N–H and O–H groups in total. The molecule has 0 bridgehead atoms. The molecular formula is C21H21F3N2O3. The first-order valence-corrected chi connectivity index (χ1v) is 9.41. The smallest absolute Gasteiger partial charge is 0.410 e. The Morgan fingerprint density at radius 2 is 1.62 bits per heavy atom. The summed E-state index contributed by atoms with van der Waals surface area (Å²) in [6.45, 7) is 0.148. The van der Waals surface area contributed by atoms with Crippen LogP contribution in [0.5, 0.6) is 0 Å². The maximum absolute atomic E-state index is 13.8. The van der Waals surface area contributed by atoms with Gasteiger partial charge < -0.3 is 9.64 Å². The Morgan fingerprint density at radius 1 is 1.00 bits per heavy atom. The zero-order valence-corrected chi connectivity index (χ0v) is 15.6. The Morgan fingerprint density at radius 3 is 2.24 bits per heavy atom. The fourth-order valence-electron chi connectivity index (χ4n) is 3.93. The SMILES string of the molecule is O=C(OCc1ccccc1)N1CC2C(C(F)(F)F)N(Cc3ccccc3)O[C@@H]2C1. The Hall–Kier alpha value is -2.58. The number of hydrogen-bond acceptors (Lipinski definition) is 4. The van der Waals surface area contributed by atoms with Gasteiger partial charge in [0.1, 0.15) is 18.8 Å². The Bertz CT molecular complexity index is 832. The number of carbonyl (C=O) groups is 1. The number of alkyl halides is 3. The average Bonchev–Trinajstić information content (AvgIpc) is 3.24. The second-order valence-corrected chi connectivity index (χ2v) is 7.30. The number of halogens is 3. The van der Waals surface area contributed by atoms with E-state index in [4.69, 9.17) is 9.57 Å². The number of fused-ring (bicyclic) bond motifs is 1. The van der Waals surface area contributed by atoms with Crippen LogP contribution < -0.4 is 0 Å². The third-order valence-electron chi connectivity index (χ3n) is 5.28. The van der Waals surface area contributed by atoms with E-state index in [0.29, 0.717) is 0 Å². The molecule has 4 rings (SSSR count). The van der Waals surface area contributed by atoms with Gasteiger partial charge in [-0.1, -0.05) is 60.7 Å². The summed E-state index contributed by atoms with van der Waals surface area (Å²) in [5.74, 6) is -0.844. The topological polar surface area (TPSA) is 42.0 Å². The molecule has 8 heteroatoms. The van der Waals surface area contributed by atoms with E-state index in [2.05, 4.69) is 0 Å². The normalized spacial score (nSPS) is 24.5. The van der Waals surface area contributed by atoms with Crippen LogP contribution in [0.1, 0.15) is 11.1 Å². The van der Waals surface area contributed by atoms with Crippen LogP contribution in [0.15, 0.2) is 60.7 Å². The van der Waals surface area contributed by atoms with Crippen molar-refractivity contribution in [1.82, 2.24) is 9.96 Å². The molecule has 5 nitrogen and oxygen atoms in total. The molecule has 0 spiro atoms. The molecule has 2 aromatic carbocycles. The Kier molecular flexibility index (Phi) is 5.47. The quantitative estimate of drug-likeness (QED) is 0.770. The lowest BCUT2D eigenvalue weighted by atomic mass is 9.97. The molecule has 2 aliphatic heterocycles. The van der Waals surface area contributed by atoms with E-state index in [-0.39, 0.29) is 26.2 Å². The highest BCUT2D eigenvalue weighted by molar-refractivity contribution is 5.68. The summed E-state index contributed by atoms with van der Waals surface area (Å²) in [7, 11) is 0. The third-order valence-corrected chi connectivity index (χ3v) is 5.28. The van der Waals surface area contributed by atoms with Gasteiger partial charge in [-0.05, 0) is 11.1 Å². The minimum absolute atomic E-state index is 0.0382. The molecule has 2 heterocycles. The van der Waals surface area contributed by atoms with Gasteiger partial charge in [-0.3, -0.25) is 4.84 Å². The lowest BCUT2D eigenvalue weighted by molar-refractivity contribution is -0.251. The first kappa shape index (κ1) is 19.7. The molecule has 2 unspecified atom stereocenters. The van der Waals surface area contributed by atoms with Crippen LogP contribution in [-0.4, -0.2) is 47.5 Å². The van der Waals surface area contributed by atoms with Crippen molar-refractivity contribution in [3.05, 3.63) is 71.8 Å². The minimum Gasteiger partial charge on any atom is -0.445 e. The molecule has 154 valence electrons. The molecule has 3 atom stereocenters. The van der Waals surface area contributed by atoms with Gasteiger partial charge in [0.05, 0.1) is 6.54 Å². The van der Waals surface area contributed by atoms with Crippen LogP contribution in [0.4, 0.5) is 18.0 Å². The molecule has 0 aliphatic carbocycles. The van der Waals surface area contributed by atoms with Crippen molar-refractivity contribution in [3.8, 4) is 0 Å². The van der Waals surface area contributed by atoms with Gasteiger partial charge in [-0.25, -0.2) is 4.79 Å². The van der Waals surface area contributed by atoms with Gasteiger partial charge in [0, 0.05) is 19.0 Å². The minimum atomic E-state index is -4.46. The zero-order valence-electron chi connectivity index (χ0n) is 15.6. The van der Waals surface area contributed by atoms with Crippen LogP contribution in [0.3, 0.4) is 0 Å². The van der Waals surface area contributed by atoms with Crippen molar-refractivity contribution < 1.29 is 27.5 Å². The summed E-state index contributed by atoms with van der Waals surface area (Å²) in [6.07, 6.45) is -5.78. The zero-order chi connectivity index (χ0) is 20.4. The number of nitrogens with zero attached hydrogens (tertiary/aromatic N) is 2. The van der Waals surface area contributed by atoms with Gasteiger partial charge in [0.25, 0.3) is 0 Å². The summed E-state index contributed by atoms with van der Waals surface area (Å²) < 4.78 is 46.6. The average molecular weight is 406 g/mol. The molecule has 1 amide bonds. The molecule has 0 radical (unpaired) electrons. The van der Waals surface area contributed by atoms with Crippen molar-refractivity contribution in [1.29, 1.82) is 0 Å². The van der Waals surface area contributed by atoms with Crippen molar-refractivity contribution in [2.75, 3.05) is 13.1 Å². The summed E-state index contributed by atoms with van der Waals surface area (Å²) in [5.41, 5.74) is 1.56. The largest absolute Gasteiger partial charge is 0.445 e. The number of amides is 1. The van der Waals surface area contributed by atoms with Crippen LogP contribution in [0.2, 0.25) is 0 Å². The number of rotatable bonds is 4. The highest BCUT2D eigenvalue weighted by Crippen LogP contribution is 2.42. The van der Waals surface area contributed by atoms with Gasteiger partial charge in [0.15, 0.2) is 0 Å². The second-order valence-electron chi connectivity index (χ2n) is 7.30. The molecule has 29 heavy (non-hydrogen) atoms. The van der Waals surface area contributed by atoms with Crippen molar-refractivity contribution in [2.24, 2.45) is 5.92 Å². The fourth-order valence-corrected chi connectivity index (χ4v) is 3.93. The summed E-state index contributed by atoms with van der Waals surface area (Å²) in [4.78, 5) is 19.3. The van der Waals surface area contributed by atoms with Gasteiger partial charge in [-0.2, -0.15) is 18.2 Å². The molecule has 2 aliphatic rings. The van der Waals surface area contributed by atoms with E-state index in [1.54, 1.807) is 24.3 Å². The van der Waals surface area contributed by atoms with Crippen LogP contribution in [-0.2, 0) is 22.7 Å². The molecule has 2 saturated heterocycles. The van der Waals surface area contributed by atoms with Crippen molar-refractivity contribution in [3.63, 3.8) is 0 Å². The monoisotopic (exact) mass is 406 g/mol. The van der Waals surface area contributed by atoms with E-state index < -0.39 is 30.3 Å². The standard InChI is InChI=1S/C21H21F3N2O3/c22-21(23,24)19-17-12-25(20(27)28-14-16-9-5-2-6-10-16)13-18(17)29-26(19)11-15-7-3-1-4-8-15/h1-10,17-19H,11-14H2/t17?,18-,19?/m1/s1. The van der Waals surface area contributed by atoms with Gasteiger partial charge >= 0.3 is 12.3 Å². The van der Waals surface area contributed by atoms with E-state index in [1.807, 2.05) is 36.4 Å². The maximum atomic E-state index is 13.8. The predicted molar refractivity (Wildman–Crippen MR) is 98.4 cm³/mol. The molecule has 2 aromatic rings. The van der Waals surface area contributed by atoms with Crippen LogP contribution in [0, 0.1) is 5.92 Å².